The molecule has 5 nitrogen and oxygen atoms in total. The van der Waals surface area contributed by atoms with Crippen LogP contribution in [0.15, 0.2) is 12.1 Å². The van der Waals surface area contributed by atoms with Gasteiger partial charge in [-0.25, -0.2) is 0 Å². The molecule has 0 N–H and O–H groups in total. The van der Waals surface area contributed by atoms with Gasteiger partial charge in [0.1, 0.15) is 5.56 Å². The smallest absolute Gasteiger partial charge is 0.322 e. The van der Waals surface area contributed by atoms with E-state index in [1.807, 2.05) is 22.6 Å². The number of nitro groups is 1. The zero-order valence-electron chi connectivity index (χ0n) is 8.11. The molecule has 0 unspecified atom stereocenters. The van der Waals surface area contributed by atoms with Crippen LogP contribution in [0.3, 0.4) is 0 Å². The molecule has 0 aliphatic carbocycles. The van der Waals surface area contributed by atoms with Crippen molar-refractivity contribution in [1.29, 1.82) is 0 Å². The van der Waals surface area contributed by atoms with E-state index in [1.54, 1.807) is 6.07 Å². The Morgan fingerprint density at radius 2 is 2.13 bits per heavy atom. The lowest BCUT2D eigenvalue weighted by Gasteiger charge is -2.06. The molecule has 6 heteroatoms. The maximum atomic E-state index is 11.3. The topological polar surface area (TPSA) is 69.4 Å². The van der Waals surface area contributed by atoms with Crippen LogP contribution in [0.25, 0.3) is 0 Å². The molecule has 0 fully saturated rings. The van der Waals surface area contributed by atoms with Crippen LogP contribution in [0.5, 0.6) is 5.75 Å². The third-order valence-electron chi connectivity index (χ3n) is 1.84. The number of Topliss-reactive ketones (excluding diaryl/α,β-unsaturated/α-hetero) is 1. The van der Waals surface area contributed by atoms with E-state index in [2.05, 4.69) is 0 Å². The molecule has 0 heterocycles. The zero-order chi connectivity index (χ0) is 11.6. The molecule has 0 bridgehead atoms. The summed E-state index contributed by atoms with van der Waals surface area (Å²) in [6, 6.07) is 3.09. The first kappa shape index (κ1) is 11.9. The largest absolute Gasteiger partial charge is 0.490 e. The van der Waals surface area contributed by atoms with Crippen LogP contribution < -0.4 is 4.74 Å². The summed E-state index contributed by atoms with van der Waals surface area (Å²) >= 11 is 1.89. The van der Waals surface area contributed by atoms with Crippen molar-refractivity contribution in [3.8, 4) is 5.75 Å². The average molecular weight is 321 g/mol. The quantitative estimate of drug-likeness (QED) is 0.371. The van der Waals surface area contributed by atoms with E-state index in [0.717, 1.165) is 0 Å². The third-order valence-corrected chi connectivity index (χ3v) is 2.74. The summed E-state index contributed by atoms with van der Waals surface area (Å²) in [4.78, 5) is 21.5. The number of benzene rings is 1. The Morgan fingerprint density at radius 3 is 2.53 bits per heavy atom. The number of hydrogen-bond donors (Lipinski definition) is 0. The number of nitro benzene ring substituents is 1. The summed E-state index contributed by atoms with van der Waals surface area (Å²) in [6.45, 7) is 1.30. The molecule has 1 rings (SSSR count). The molecule has 80 valence electrons. The summed E-state index contributed by atoms with van der Waals surface area (Å²) in [5.74, 6) is -0.240. The Morgan fingerprint density at radius 1 is 1.53 bits per heavy atom. The summed E-state index contributed by atoms with van der Waals surface area (Å²) in [6.07, 6.45) is 0. The van der Waals surface area contributed by atoms with Gasteiger partial charge in [-0.2, -0.15) is 0 Å². The van der Waals surface area contributed by atoms with Gasteiger partial charge in [-0.1, -0.05) is 0 Å². The Kier molecular flexibility index (Phi) is 3.61. The molecular formula is C9H8INO4. The molecule has 0 aliphatic heterocycles. The summed E-state index contributed by atoms with van der Waals surface area (Å²) in [5, 5.41) is 10.8. The molecule has 0 atom stereocenters. The van der Waals surface area contributed by atoms with Crippen molar-refractivity contribution in [2.75, 3.05) is 7.11 Å². The Balaban J connectivity index is 3.58. The molecule has 0 radical (unpaired) electrons. The van der Waals surface area contributed by atoms with E-state index < -0.39 is 4.92 Å². The maximum absolute atomic E-state index is 11.3. The molecule has 0 saturated carbocycles. The van der Waals surface area contributed by atoms with Gasteiger partial charge in [-0.05, 0) is 41.6 Å². The predicted molar refractivity (Wildman–Crippen MR) is 62.4 cm³/mol. The van der Waals surface area contributed by atoms with Crippen molar-refractivity contribution in [3.63, 3.8) is 0 Å². The van der Waals surface area contributed by atoms with Crippen molar-refractivity contribution in [1.82, 2.24) is 0 Å². The molecule has 1 aromatic rings. The lowest BCUT2D eigenvalue weighted by molar-refractivity contribution is -0.386. The van der Waals surface area contributed by atoms with Crippen molar-refractivity contribution >= 4 is 34.1 Å². The SMILES string of the molecule is COc1ccc(I)c(C(C)=O)c1[N+](=O)[O-]. The number of carbonyl (C=O) groups is 1. The Bertz CT molecular complexity index is 430. The van der Waals surface area contributed by atoms with E-state index in [4.69, 9.17) is 4.74 Å². The minimum Gasteiger partial charge on any atom is -0.490 e. The van der Waals surface area contributed by atoms with Gasteiger partial charge in [0.05, 0.1) is 12.0 Å². The van der Waals surface area contributed by atoms with Crippen molar-refractivity contribution < 1.29 is 14.5 Å². The van der Waals surface area contributed by atoms with E-state index in [9.17, 15) is 14.9 Å². The van der Waals surface area contributed by atoms with Crippen LogP contribution in [0.2, 0.25) is 0 Å². The minimum absolute atomic E-state index is 0.0972. The number of carbonyl (C=O) groups excluding carboxylic acids is 1. The van der Waals surface area contributed by atoms with Crippen LogP contribution in [0.4, 0.5) is 5.69 Å². The normalized spacial score (nSPS) is 9.80. The van der Waals surface area contributed by atoms with Gasteiger partial charge in [-0.15, -0.1) is 0 Å². The van der Waals surface area contributed by atoms with Crippen LogP contribution in [-0.2, 0) is 0 Å². The first-order chi connectivity index (χ1) is 6.99. The van der Waals surface area contributed by atoms with Gasteiger partial charge >= 0.3 is 5.69 Å². The van der Waals surface area contributed by atoms with Crippen LogP contribution in [0.1, 0.15) is 17.3 Å². The number of methoxy groups -OCH3 is 1. The highest BCUT2D eigenvalue weighted by Gasteiger charge is 2.25. The highest BCUT2D eigenvalue weighted by Crippen LogP contribution is 2.33. The lowest BCUT2D eigenvalue weighted by atomic mass is 10.1. The third kappa shape index (κ3) is 2.25. The highest BCUT2D eigenvalue weighted by molar-refractivity contribution is 14.1. The fourth-order valence-electron chi connectivity index (χ4n) is 1.23. The van der Waals surface area contributed by atoms with Gasteiger partial charge in [-0.3, -0.25) is 14.9 Å². The monoisotopic (exact) mass is 321 g/mol. The van der Waals surface area contributed by atoms with Crippen molar-refractivity contribution in [2.24, 2.45) is 0 Å². The van der Waals surface area contributed by atoms with Crippen LogP contribution in [0, 0.1) is 13.7 Å². The first-order valence-electron chi connectivity index (χ1n) is 4.00. The standard InChI is InChI=1S/C9H8INO4/c1-5(12)8-6(10)3-4-7(15-2)9(8)11(13)14/h3-4H,1-2H3. The van der Waals surface area contributed by atoms with Gasteiger partial charge in [0.25, 0.3) is 0 Å². The molecule has 15 heavy (non-hydrogen) atoms. The van der Waals surface area contributed by atoms with Crippen molar-refractivity contribution in [2.45, 2.75) is 6.92 Å². The lowest BCUT2D eigenvalue weighted by Crippen LogP contribution is -2.05. The Hall–Kier alpha value is -1.18. The van der Waals surface area contributed by atoms with Crippen molar-refractivity contribution in [3.05, 3.63) is 31.4 Å². The molecule has 0 spiro atoms. The van der Waals surface area contributed by atoms with E-state index in [-0.39, 0.29) is 22.8 Å². The summed E-state index contributed by atoms with van der Waals surface area (Å²) in [7, 11) is 1.33. The highest BCUT2D eigenvalue weighted by atomic mass is 127. The first-order valence-corrected chi connectivity index (χ1v) is 5.08. The molecule has 0 aromatic heterocycles. The average Bonchev–Trinajstić information content (AvgIpc) is 2.16. The van der Waals surface area contributed by atoms with E-state index in [1.165, 1.54) is 20.1 Å². The van der Waals surface area contributed by atoms with Crippen LogP contribution >= 0.6 is 22.6 Å². The maximum Gasteiger partial charge on any atom is 0.322 e. The fourth-order valence-corrected chi connectivity index (χ4v) is 2.04. The number of ether oxygens (including phenoxy) is 1. The van der Waals surface area contributed by atoms with Crippen LogP contribution in [-0.4, -0.2) is 17.8 Å². The van der Waals surface area contributed by atoms with E-state index in [0.29, 0.717) is 3.57 Å². The minimum atomic E-state index is -0.599. The van der Waals surface area contributed by atoms with Gasteiger partial charge < -0.3 is 4.74 Å². The second-order valence-corrected chi connectivity index (χ2v) is 3.95. The molecule has 1 aromatic carbocycles. The number of hydrogen-bond acceptors (Lipinski definition) is 4. The number of rotatable bonds is 3. The second-order valence-electron chi connectivity index (χ2n) is 2.79. The van der Waals surface area contributed by atoms with Gasteiger partial charge in [0.2, 0.25) is 0 Å². The molecule has 0 saturated heterocycles. The molecule has 0 amide bonds. The van der Waals surface area contributed by atoms with Gasteiger partial charge in [0, 0.05) is 3.57 Å². The number of ketones is 1. The number of nitrogens with zero attached hydrogens (tertiary/aromatic N) is 1. The van der Waals surface area contributed by atoms with Gasteiger partial charge in [0.15, 0.2) is 11.5 Å². The summed E-state index contributed by atoms with van der Waals surface area (Å²) in [5.41, 5.74) is -0.170. The molecule has 0 aliphatic rings. The predicted octanol–water partition coefficient (Wildman–Crippen LogP) is 2.41. The van der Waals surface area contributed by atoms with E-state index >= 15 is 0 Å². The number of halogens is 1. The molecular weight excluding hydrogens is 313 g/mol. The Labute approximate surface area is 99.7 Å². The zero-order valence-corrected chi connectivity index (χ0v) is 10.3. The fraction of sp³-hybridized carbons (Fsp3) is 0.222. The second kappa shape index (κ2) is 4.56. The summed E-state index contributed by atoms with van der Waals surface area (Å²) < 4.78 is 5.40.